The number of methoxy groups -OCH3 is 1. The molecular weight excluding hydrogens is 304 g/mol. The summed E-state index contributed by atoms with van der Waals surface area (Å²) < 4.78 is 5.72. The first-order chi connectivity index (χ1) is 11.7. The second kappa shape index (κ2) is 6.16. The minimum absolute atomic E-state index is 0.108. The molecule has 24 heavy (non-hydrogen) atoms. The molecule has 2 fully saturated rings. The predicted octanol–water partition coefficient (Wildman–Crippen LogP) is 2.24. The number of rotatable bonds is 3. The molecule has 1 aliphatic heterocycles. The van der Waals surface area contributed by atoms with Crippen LogP contribution in [0.4, 0.5) is 0 Å². The standard InChI is InChI=1S/C18H24N4O2/c1-24-16-8-4-9-18(16)10-5-11-21(13-18)17(23)12-22-19-14-6-2-3-7-15(14)20-22/h2-3,6-7,16H,4-5,8-13H2,1H3/t16-,18+/m1/s1. The fourth-order valence-electron chi connectivity index (χ4n) is 4.51. The molecule has 1 spiro atoms. The van der Waals surface area contributed by atoms with E-state index >= 15 is 0 Å². The van der Waals surface area contributed by atoms with E-state index in [4.69, 9.17) is 4.74 Å². The predicted molar refractivity (Wildman–Crippen MR) is 90.4 cm³/mol. The topological polar surface area (TPSA) is 60.2 Å². The minimum atomic E-state index is 0.108. The van der Waals surface area contributed by atoms with Gasteiger partial charge in [-0.25, -0.2) is 0 Å². The molecule has 1 saturated carbocycles. The Labute approximate surface area is 141 Å². The molecule has 1 aliphatic carbocycles. The zero-order valence-corrected chi connectivity index (χ0v) is 14.1. The first-order valence-corrected chi connectivity index (χ1v) is 8.81. The molecule has 2 aromatic rings. The maximum atomic E-state index is 12.8. The smallest absolute Gasteiger partial charge is 0.246 e. The number of piperidine rings is 1. The van der Waals surface area contributed by atoms with Crippen LogP contribution in [0, 0.1) is 5.41 Å². The van der Waals surface area contributed by atoms with Crippen molar-refractivity contribution in [1.82, 2.24) is 19.9 Å². The summed E-state index contributed by atoms with van der Waals surface area (Å²) in [5.74, 6) is 0.108. The molecule has 1 aromatic heterocycles. The lowest BCUT2D eigenvalue weighted by atomic mass is 9.76. The summed E-state index contributed by atoms with van der Waals surface area (Å²) in [5.41, 5.74) is 1.82. The fraction of sp³-hybridized carbons (Fsp3) is 0.611. The Morgan fingerprint density at radius 1 is 1.25 bits per heavy atom. The maximum Gasteiger partial charge on any atom is 0.246 e. The Morgan fingerprint density at radius 3 is 2.67 bits per heavy atom. The number of aromatic nitrogens is 3. The van der Waals surface area contributed by atoms with Gasteiger partial charge in [0.25, 0.3) is 0 Å². The third-order valence-corrected chi connectivity index (χ3v) is 5.67. The van der Waals surface area contributed by atoms with Crippen molar-refractivity contribution in [2.24, 2.45) is 5.41 Å². The highest BCUT2D eigenvalue weighted by atomic mass is 16.5. The molecule has 1 aromatic carbocycles. The Hall–Kier alpha value is -1.95. The number of hydrogen-bond acceptors (Lipinski definition) is 4. The van der Waals surface area contributed by atoms with Crippen molar-refractivity contribution in [3.63, 3.8) is 0 Å². The van der Waals surface area contributed by atoms with Crippen molar-refractivity contribution in [3.8, 4) is 0 Å². The van der Waals surface area contributed by atoms with Crippen LogP contribution in [0.25, 0.3) is 11.0 Å². The number of nitrogens with zero attached hydrogens (tertiary/aromatic N) is 4. The van der Waals surface area contributed by atoms with Crippen LogP contribution in [0.15, 0.2) is 24.3 Å². The number of likely N-dealkylation sites (tertiary alicyclic amines) is 1. The number of fused-ring (bicyclic) bond motifs is 1. The summed E-state index contributed by atoms with van der Waals surface area (Å²) in [4.78, 5) is 16.3. The van der Waals surface area contributed by atoms with Gasteiger partial charge in [0.05, 0.1) is 6.10 Å². The zero-order chi connectivity index (χ0) is 16.6. The summed E-state index contributed by atoms with van der Waals surface area (Å²) in [7, 11) is 1.80. The molecule has 0 bridgehead atoms. The van der Waals surface area contributed by atoms with Crippen LogP contribution in [0.1, 0.15) is 32.1 Å². The molecule has 0 N–H and O–H groups in total. The van der Waals surface area contributed by atoms with Crippen LogP contribution >= 0.6 is 0 Å². The lowest BCUT2D eigenvalue weighted by molar-refractivity contribution is -0.138. The van der Waals surface area contributed by atoms with Gasteiger partial charge >= 0.3 is 0 Å². The molecule has 128 valence electrons. The van der Waals surface area contributed by atoms with Crippen molar-refractivity contribution in [2.75, 3.05) is 20.2 Å². The molecule has 0 radical (unpaired) electrons. The summed E-state index contributed by atoms with van der Waals surface area (Å²) in [6.45, 7) is 1.85. The van der Waals surface area contributed by atoms with Crippen LogP contribution < -0.4 is 0 Å². The minimum Gasteiger partial charge on any atom is -0.381 e. The number of hydrogen-bond donors (Lipinski definition) is 0. The zero-order valence-electron chi connectivity index (χ0n) is 14.1. The van der Waals surface area contributed by atoms with E-state index in [0.29, 0.717) is 6.10 Å². The number of carbonyl (C=O) groups excluding carboxylic acids is 1. The van der Waals surface area contributed by atoms with Crippen LogP contribution in [-0.4, -0.2) is 52.1 Å². The highest BCUT2D eigenvalue weighted by molar-refractivity contribution is 5.77. The Balaban J connectivity index is 1.47. The van der Waals surface area contributed by atoms with Gasteiger partial charge in [-0.3, -0.25) is 4.79 Å². The lowest BCUT2D eigenvalue weighted by Gasteiger charge is -2.43. The van der Waals surface area contributed by atoms with Crippen molar-refractivity contribution in [3.05, 3.63) is 24.3 Å². The van der Waals surface area contributed by atoms with Crippen molar-refractivity contribution in [2.45, 2.75) is 44.8 Å². The monoisotopic (exact) mass is 328 g/mol. The molecule has 1 amide bonds. The van der Waals surface area contributed by atoms with E-state index < -0.39 is 0 Å². The van der Waals surface area contributed by atoms with Crippen molar-refractivity contribution < 1.29 is 9.53 Å². The van der Waals surface area contributed by atoms with Gasteiger partial charge in [-0.2, -0.15) is 15.0 Å². The summed E-state index contributed by atoms with van der Waals surface area (Å²) >= 11 is 0. The third-order valence-electron chi connectivity index (χ3n) is 5.67. The van der Waals surface area contributed by atoms with Gasteiger partial charge in [0.2, 0.25) is 5.91 Å². The third kappa shape index (κ3) is 2.69. The van der Waals surface area contributed by atoms with E-state index in [0.717, 1.165) is 37.0 Å². The summed E-state index contributed by atoms with van der Waals surface area (Å²) in [6.07, 6.45) is 5.99. The molecular formula is C18H24N4O2. The van der Waals surface area contributed by atoms with Gasteiger partial charge < -0.3 is 9.64 Å². The average Bonchev–Trinajstić information content (AvgIpc) is 3.18. The normalized spacial score (nSPS) is 27.2. The second-order valence-electron chi connectivity index (χ2n) is 7.12. The lowest BCUT2D eigenvalue weighted by Crippen LogP contribution is -2.50. The van der Waals surface area contributed by atoms with Gasteiger partial charge in [0, 0.05) is 25.6 Å². The molecule has 6 nitrogen and oxygen atoms in total. The van der Waals surface area contributed by atoms with Gasteiger partial charge in [-0.1, -0.05) is 18.6 Å². The van der Waals surface area contributed by atoms with E-state index in [1.165, 1.54) is 24.1 Å². The van der Waals surface area contributed by atoms with Crippen LogP contribution in [0.5, 0.6) is 0 Å². The Kier molecular flexibility index (Phi) is 4.00. The Bertz CT molecular complexity index is 710. The van der Waals surface area contributed by atoms with E-state index in [1.807, 2.05) is 29.2 Å². The van der Waals surface area contributed by atoms with Gasteiger partial charge in [0.15, 0.2) is 0 Å². The van der Waals surface area contributed by atoms with E-state index in [1.54, 1.807) is 7.11 Å². The molecule has 0 unspecified atom stereocenters. The van der Waals surface area contributed by atoms with Crippen molar-refractivity contribution >= 4 is 16.9 Å². The molecule has 2 heterocycles. The molecule has 6 heteroatoms. The Morgan fingerprint density at radius 2 is 1.96 bits per heavy atom. The van der Waals surface area contributed by atoms with Crippen LogP contribution in [-0.2, 0) is 16.1 Å². The fourth-order valence-corrected chi connectivity index (χ4v) is 4.51. The molecule has 2 aliphatic rings. The number of ether oxygens (including phenoxy) is 1. The highest BCUT2D eigenvalue weighted by Crippen LogP contribution is 2.46. The molecule has 4 rings (SSSR count). The first-order valence-electron chi connectivity index (χ1n) is 8.81. The summed E-state index contributed by atoms with van der Waals surface area (Å²) in [6, 6.07) is 7.70. The molecule has 1 saturated heterocycles. The number of amides is 1. The first kappa shape index (κ1) is 15.6. The maximum absolute atomic E-state index is 12.8. The molecule has 2 atom stereocenters. The van der Waals surface area contributed by atoms with E-state index in [9.17, 15) is 4.79 Å². The average molecular weight is 328 g/mol. The van der Waals surface area contributed by atoms with Crippen molar-refractivity contribution in [1.29, 1.82) is 0 Å². The van der Waals surface area contributed by atoms with E-state index in [2.05, 4.69) is 10.2 Å². The SMILES string of the molecule is CO[C@@H]1CCC[C@@]12CCCN(C(=O)Cn1nc3ccccc3n1)C2. The largest absolute Gasteiger partial charge is 0.381 e. The quantitative estimate of drug-likeness (QED) is 0.867. The van der Waals surface area contributed by atoms with Gasteiger partial charge in [0.1, 0.15) is 17.6 Å². The number of benzene rings is 1. The van der Waals surface area contributed by atoms with Gasteiger partial charge in [-0.05, 0) is 37.8 Å². The summed E-state index contributed by atoms with van der Waals surface area (Å²) in [5, 5.41) is 8.80. The number of carbonyl (C=O) groups is 1. The van der Waals surface area contributed by atoms with Gasteiger partial charge in [-0.15, -0.1) is 0 Å². The van der Waals surface area contributed by atoms with Crippen LogP contribution in [0.3, 0.4) is 0 Å². The van der Waals surface area contributed by atoms with E-state index in [-0.39, 0.29) is 17.9 Å². The van der Waals surface area contributed by atoms with Crippen LogP contribution in [0.2, 0.25) is 0 Å². The highest BCUT2D eigenvalue weighted by Gasteiger charge is 2.46. The second-order valence-corrected chi connectivity index (χ2v) is 7.12.